The number of rotatable bonds is 6. The molecule has 6 nitrogen and oxygen atoms in total. The first-order valence-electron chi connectivity index (χ1n) is 6.94. The molecule has 0 aliphatic rings. The molecule has 0 saturated heterocycles. The number of methoxy groups -OCH3 is 1. The number of carboxylic acids is 1. The maximum absolute atomic E-state index is 12.1. The number of benzene rings is 2. The molecule has 1 amide bonds. The van der Waals surface area contributed by atoms with Gasteiger partial charge in [-0.15, -0.1) is 0 Å². The Morgan fingerprint density at radius 3 is 2.09 bits per heavy atom. The minimum atomic E-state index is -1.05. The molecule has 1 atom stereocenters. The molecule has 0 spiro atoms. The lowest BCUT2D eigenvalue weighted by atomic mass is 10.2. The van der Waals surface area contributed by atoms with Crippen LogP contribution in [0.25, 0.3) is 0 Å². The van der Waals surface area contributed by atoms with E-state index in [0.717, 1.165) is 0 Å². The molecule has 2 rings (SSSR count). The molecule has 0 saturated carbocycles. The average molecular weight is 315 g/mol. The molecule has 0 bridgehead atoms. The van der Waals surface area contributed by atoms with E-state index in [1.807, 2.05) is 0 Å². The normalized spacial score (nSPS) is 11.4. The van der Waals surface area contributed by atoms with E-state index in [1.165, 1.54) is 6.92 Å². The van der Waals surface area contributed by atoms with Crippen LogP contribution in [0.15, 0.2) is 48.5 Å². The number of amides is 1. The van der Waals surface area contributed by atoms with Gasteiger partial charge in [-0.25, -0.2) is 4.79 Å². The second-order valence-corrected chi connectivity index (χ2v) is 4.81. The van der Waals surface area contributed by atoms with Crippen LogP contribution in [-0.2, 0) is 4.79 Å². The summed E-state index contributed by atoms with van der Waals surface area (Å²) < 4.78 is 10.3. The average Bonchev–Trinajstić information content (AvgIpc) is 2.56. The fourth-order valence-corrected chi connectivity index (χ4v) is 1.82. The molecule has 2 aromatic rings. The minimum Gasteiger partial charge on any atom is -0.497 e. The number of aliphatic carboxylic acids is 1. The Balaban J connectivity index is 2.00. The molecule has 2 aromatic carbocycles. The first kappa shape index (κ1) is 16.4. The zero-order valence-corrected chi connectivity index (χ0v) is 12.8. The number of carbonyl (C=O) groups is 2. The predicted octanol–water partition coefficient (Wildman–Crippen LogP) is 2.80. The van der Waals surface area contributed by atoms with Crippen molar-refractivity contribution < 1.29 is 24.2 Å². The molecular weight excluding hydrogens is 298 g/mol. The van der Waals surface area contributed by atoms with Gasteiger partial charge in [0.1, 0.15) is 11.5 Å². The number of nitrogens with one attached hydrogen (secondary N) is 1. The van der Waals surface area contributed by atoms with Gasteiger partial charge >= 0.3 is 5.97 Å². The zero-order valence-electron chi connectivity index (χ0n) is 12.8. The molecule has 2 N–H and O–H groups in total. The van der Waals surface area contributed by atoms with Crippen LogP contribution in [-0.4, -0.2) is 30.2 Å². The van der Waals surface area contributed by atoms with Gasteiger partial charge in [0.25, 0.3) is 5.91 Å². The Kier molecular flexibility index (Phi) is 5.19. The predicted molar refractivity (Wildman–Crippen MR) is 85.1 cm³/mol. The first-order valence-corrected chi connectivity index (χ1v) is 6.94. The van der Waals surface area contributed by atoms with Crippen LogP contribution in [0.1, 0.15) is 17.3 Å². The van der Waals surface area contributed by atoms with Gasteiger partial charge in [-0.05, 0) is 55.5 Å². The molecule has 0 heterocycles. The van der Waals surface area contributed by atoms with E-state index in [9.17, 15) is 9.59 Å². The van der Waals surface area contributed by atoms with E-state index in [1.54, 1.807) is 55.6 Å². The van der Waals surface area contributed by atoms with Gasteiger partial charge in [0.15, 0.2) is 6.10 Å². The van der Waals surface area contributed by atoms with Crippen LogP contribution in [0.2, 0.25) is 0 Å². The summed E-state index contributed by atoms with van der Waals surface area (Å²) in [6.07, 6.45) is -0.950. The minimum absolute atomic E-state index is 0.270. The standard InChI is InChI=1S/C17H17NO5/c1-11(17(20)21)23-15-7-3-12(4-8-15)16(19)18-13-5-9-14(22-2)10-6-13/h3-11H,1-2H3,(H,18,19)(H,20,21). The highest BCUT2D eigenvalue weighted by Gasteiger charge is 2.13. The number of carboxylic acid groups (broad SMARTS) is 1. The van der Waals surface area contributed by atoms with Crippen molar-refractivity contribution in [2.45, 2.75) is 13.0 Å². The molecule has 6 heteroatoms. The Bertz CT molecular complexity index is 679. The monoisotopic (exact) mass is 315 g/mol. The van der Waals surface area contributed by atoms with E-state index in [2.05, 4.69) is 5.32 Å². The third kappa shape index (κ3) is 4.47. The summed E-state index contributed by atoms with van der Waals surface area (Å²) in [7, 11) is 1.57. The van der Waals surface area contributed by atoms with Crippen LogP contribution in [0, 0.1) is 0 Å². The van der Waals surface area contributed by atoms with Crippen LogP contribution in [0.3, 0.4) is 0 Å². The third-order valence-corrected chi connectivity index (χ3v) is 3.13. The van der Waals surface area contributed by atoms with Crippen molar-refractivity contribution in [1.29, 1.82) is 0 Å². The fourth-order valence-electron chi connectivity index (χ4n) is 1.82. The molecule has 120 valence electrons. The van der Waals surface area contributed by atoms with Gasteiger partial charge in [0, 0.05) is 11.3 Å². The van der Waals surface area contributed by atoms with Crippen LogP contribution in [0.4, 0.5) is 5.69 Å². The molecule has 0 aromatic heterocycles. The number of carbonyl (C=O) groups excluding carboxylic acids is 1. The third-order valence-electron chi connectivity index (χ3n) is 3.13. The lowest BCUT2D eigenvalue weighted by Crippen LogP contribution is -2.22. The molecule has 0 radical (unpaired) electrons. The first-order chi connectivity index (χ1) is 11.0. The van der Waals surface area contributed by atoms with Crippen molar-refractivity contribution in [2.75, 3.05) is 12.4 Å². The van der Waals surface area contributed by atoms with Crippen molar-refractivity contribution >= 4 is 17.6 Å². The highest BCUT2D eigenvalue weighted by atomic mass is 16.5. The van der Waals surface area contributed by atoms with Crippen LogP contribution >= 0.6 is 0 Å². The highest BCUT2D eigenvalue weighted by molar-refractivity contribution is 6.04. The Morgan fingerprint density at radius 1 is 1.00 bits per heavy atom. The van der Waals surface area contributed by atoms with Crippen LogP contribution in [0.5, 0.6) is 11.5 Å². The van der Waals surface area contributed by atoms with E-state index in [4.69, 9.17) is 14.6 Å². The van der Waals surface area contributed by atoms with E-state index < -0.39 is 12.1 Å². The van der Waals surface area contributed by atoms with Gasteiger partial charge in [-0.1, -0.05) is 0 Å². The molecular formula is C17H17NO5. The van der Waals surface area contributed by atoms with E-state index in [0.29, 0.717) is 22.7 Å². The molecule has 0 aliphatic heterocycles. The number of hydrogen-bond acceptors (Lipinski definition) is 4. The quantitative estimate of drug-likeness (QED) is 0.856. The van der Waals surface area contributed by atoms with Gasteiger partial charge < -0.3 is 19.9 Å². The van der Waals surface area contributed by atoms with Crippen LogP contribution < -0.4 is 14.8 Å². The van der Waals surface area contributed by atoms with Crippen molar-refractivity contribution in [3.05, 3.63) is 54.1 Å². The lowest BCUT2D eigenvalue weighted by Gasteiger charge is -2.11. The number of anilines is 1. The molecule has 1 unspecified atom stereocenters. The van der Waals surface area contributed by atoms with Crippen molar-refractivity contribution in [3.63, 3.8) is 0 Å². The van der Waals surface area contributed by atoms with Crippen molar-refractivity contribution in [3.8, 4) is 11.5 Å². The second kappa shape index (κ2) is 7.31. The lowest BCUT2D eigenvalue weighted by molar-refractivity contribution is -0.144. The van der Waals surface area contributed by atoms with E-state index in [-0.39, 0.29) is 5.91 Å². The Hall–Kier alpha value is -3.02. The SMILES string of the molecule is COc1ccc(NC(=O)c2ccc(OC(C)C(=O)O)cc2)cc1. The van der Waals surface area contributed by atoms with Gasteiger partial charge in [-0.3, -0.25) is 4.79 Å². The topological polar surface area (TPSA) is 84.9 Å². The molecule has 23 heavy (non-hydrogen) atoms. The summed E-state index contributed by atoms with van der Waals surface area (Å²) in [5.41, 5.74) is 1.09. The zero-order chi connectivity index (χ0) is 16.8. The second-order valence-electron chi connectivity index (χ2n) is 4.81. The summed E-state index contributed by atoms with van der Waals surface area (Å²) in [4.78, 5) is 22.9. The smallest absolute Gasteiger partial charge is 0.344 e. The largest absolute Gasteiger partial charge is 0.497 e. The summed E-state index contributed by atoms with van der Waals surface area (Å²) in [6, 6.07) is 13.2. The summed E-state index contributed by atoms with van der Waals surface area (Å²) in [5, 5.41) is 11.5. The number of hydrogen-bond donors (Lipinski definition) is 2. The number of ether oxygens (including phenoxy) is 2. The summed E-state index contributed by atoms with van der Waals surface area (Å²) in [6.45, 7) is 1.44. The van der Waals surface area contributed by atoms with E-state index >= 15 is 0 Å². The maximum atomic E-state index is 12.1. The Morgan fingerprint density at radius 2 is 1.57 bits per heavy atom. The van der Waals surface area contributed by atoms with Crippen molar-refractivity contribution in [1.82, 2.24) is 0 Å². The summed E-state index contributed by atoms with van der Waals surface area (Å²) >= 11 is 0. The Labute approximate surface area is 133 Å². The van der Waals surface area contributed by atoms with Gasteiger partial charge in [0.05, 0.1) is 7.11 Å². The molecule has 0 aliphatic carbocycles. The van der Waals surface area contributed by atoms with Gasteiger partial charge in [0.2, 0.25) is 0 Å². The highest BCUT2D eigenvalue weighted by Crippen LogP contribution is 2.18. The summed E-state index contributed by atoms with van der Waals surface area (Å²) in [5.74, 6) is -0.225. The van der Waals surface area contributed by atoms with Crippen molar-refractivity contribution in [2.24, 2.45) is 0 Å². The van der Waals surface area contributed by atoms with Gasteiger partial charge in [-0.2, -0.15) is 0 Å². The fraction of sp³-hybridized carbons (Fsp3) is 0.176. The molecule has 0 fully saturated rings. The maximum Gasteiger partial charge on any atom is 0.344 e.